The van der Waals surface area contributed by atoms with Crippen LogP contribution in [0.1, 0.15) is 101 Å². The Morgan fingerprint density at radius 1 is 0.909 bits per heavy atom. The number of unbranched alkanes of at least 4 members (excludes halogenated alkanes) is 11. The van der Waals surface area contributed by atoms with Gasteiger partial charge in [0, 0.05) is 17.4 Å². The van der Waals surface area contributed by atoms with E-state index in [1.54, 1.807) is 13.0 Å². The van der Waals surface area contributed by atoms with Crippen LogP contribution in [0.3, 0.4) is 0 Å². The molecule has 4 N–H and O–H groups in total. The summed E-state index contributed by atoms with van der Waals surface area (Å²) in [5, 5.41) is 16.7. The second-order valence-electron chi connectivity index (χ2n) is 9.16. The Kier molecular flexibility index (Phi) is 12.6. The van der Waals surface area contributed by atoms with Gasteiger partial charge in [-0.2, -0.15) is 0 Å². The minimum absolute atomic E-state index is 0.341. The van der Waals surface area contributed by atoms with E-state index in [0.29, 0.717) is 12.2 Å². The van der Waals surface area contributed by atoms with E-state index in [1.807, 2.05) is 24.3 Å². The van der Waals surface area contributed by atoms with Gasteiger partial charge in [0.25, 0.3) is 11.8 Å². The quantitative estimate of drug-likeness (QED) is 0.237. The van der Waals surface area contributed by atoms with E-state index in [9.17, 15) is 14.7 Å². The van der Waals surface area contributed by atoms with Crippen LogP contribution in [0.4, 0.5) is 0 Å². The normalized spacial score (nSPS) is 13.1. The first-order chi connectivity index (χ1) is 16.0. The molecule has 0 saturated carbocycles. The summed E-state index contributed by atoms with van der Waals surface area (Å²) in [7, 11) is 0. The Hall–Kier alpha value is -2.34. The van der Waals surface area contributed by atoms with Crippen molar-refractivity contribution < 1.29 is 14.7 Å². The van der Waals surface area contributed by atoms with Gasteiger partial charge in [-0.25, -0.2) is 0 Å². The van der Waals surface area contributed by atoms with Crippen molar-refractivity contribution in [3.8, 4) is 0 Å². The number of amides is 2. The zero-order valence-electron chi connectivity index (χ0n) is 20.5. The average Bonchev–Trinajstić information content (AvgIpc) is 3.26. The number of fused-ring (bicyclic) bond motifs is 1. The van der Waals surface area contributed by atoms with Gasteiger partial charge in [-0.3, -0.25) is 9.59 Å². The number of benzene rings is 1. The lowest BCUT2D eigenvalue weighted by molar-refractivity contribution is -0.130. The molecule has 0 aliphatic carbocycles. The number of rotatable bonds is 17. The summed E-state index contributed by atoms with van der Waals surface area (Å²) in [6.07, 6.45) is 13.9. The molecule has 0 fully saturated rings. The van der Waals surface area contributed by atoms with Crippen molar-refractivity contribution in [3.05, 3.63) is 36.0 Å². The minimum atomic E-state index is -1.28. The number of carbonyl (C=O) groups is 2. The van der Waals surface area contributed by atoms with Gasteiger partial charge in [-0.05, 0) is 25.5 Å². The van der Waals surface area contributed by atoms with Gasteiger partial charge in [-0.15, -0.1) is 0 Å². The highest BCUT2D eigenvalue weighted by Crippen LogP contribution is 2.15. The average molecular weight is 458 g/mol. The fraction of sp³-hybridized carbons (Fsp3) is 0.630. The maximum absolute atomic E-state index is 12.5. The van der Waals surface area contributed by atoms with Gasteiger partial charge in [0.1, 0.15) is 5.69 Å². The van der Waals surface area contributed by atoms with Crippen molar-refractivity contribution in [2.24, 2.45) is 0 Å². The Bertz CT molecular complexity index is 800. The molecule has 0 bridgehead atoms. The second-order valence-corrected chi connectivity index (χ2v) is 9.16. The van der Waals surface area contributed by atoms with Crippen LogP contribution in [0, 0.1) is 0 Å². The number of aliphatic hydroxyl groups excluding tert-OH is 1. The highest BCUT2D eigenvalue weighted by atomic mass is 16.3. The molecule has 2 aromatic rings. The van der Waals surface area contributed by atoms with Gasteiger partial charge in [-0.1, -0.05) is 95.8 Å². The lowest BCUT2D eigenvalue weighted by Crippen LogP contribution is -2.49. The largest absolute Gasteiger partial charge is 0.381 e. The van der Waals surface area contributed by atoms with Crippen LogP contribution in [0.2, 0.25) is 0 Å². The molecular weight excluding hydrogens is 414 g/mol. The molecule has 2 amide bonds. The summed E-state index contributed by atoms with van der Waals surface area (Å²) in [6, 6.07) is 8.69. The summed E-state index contributed by atoms with van der Waals surface area (Å²) in [5.41, 5.74) is 1.28. The number of aromatic nitrogens is 1. The molecule has 1 heterocycles. The van der Waals surface area contributed by atoms with Crippen molar-refractivity contribution in [2.75, 3.05) is 6.54 Å². The second kappa shape index (κ2) is 15.5. The maximum Gasteiger partial charge on any atom is 0.268 e. The van der Waals surface area contributed by atoms with Gasteiger partial charge in [0.05, 0.1) is 6.04 Å². The van der Waals surface area contributed by atoms with Crippen LogP contribution < -0.4 is 10.6 Å². The van der Waals surface area contributed by atoms with E-state index < -0.39 is 18.1 Å². The van der Waals surface area contributed by atoms with Crippen LogP contribution in [0.25, 0.3) is 10.9 Å². The summed E-state index contributed by atoms with van der Waals surface area (Å²) in [5.74, 6) is -0.783. The number of hydrogen-bond acceptors (Lipinski definition) is 3. The zero-order chi connectivity index (χ0) is 23.9. The smallest absolute Gasteiger partial charge is 0.268 e. The number of H-pyrrole nitrogens is 1. The fourth-order valence-electron chi connectivity index (χ4n) is 4.07. The highest BCUT2D eigenvalue weighted by molar-refractivity contribution is 5.98. The van der Waals surface area contributed by atoms with Crippen molar-refractivity contribution in [3.63, 3.8) is 0 Å². The molecule has 1 aromatic carbocycles. The van der Waals surface area contributed by atoms with Gasteiger partial charge < -0.3 is 20.7 Å². The van der Waals surface area contributed by atoms with Crippen molar-refractivity contribution in [2.45, 2.75) is 103 Å². The van der Waals surface area contributed by atoms with E-state index in [-0.39, 0.29) is 5.91 Å². The SMILES string of the molecule is CCCCCCCCCCCCCCNC(=O)[C@H](O)[C@H](C)NC(=O)c1cc2ccccc2[nH]1. The van der Waals surface area contributed by atoms with Gasteiger partial charge in [0.2, 0.25) is 0 Å². The van der Waals surface area contributed by atoms with E-state index in [1.165, 1.54) is 64.2 Å². The molecular formula is C27H43N3O3. The molecule has 0 spiro atoms. The molecule has 0 aliphatic rings. The number of hydrogen-bond donors (Lipinski definition) is 4. The Morgan fingerprint density at radius 2 is 1.48 bits per heavy atom. The number of para-hydroxylation sites is 1. The maximum atomic E-state index is 12.5. The molecule has 0 radical (unpaired) electrons. The Morgan fingerprint density at radius 3 is 2.09 bits per heavy atom. The molecule has 6 nitrogen and oxygen atoms in total. The monoisotopic (exact) mass is 457 g/mol. The summed E-state index contributed by atoms with van der Waals surface area (Å²) < 4.78 is 0. The van der Waals surface area contributed by atoms with Gasteiger partial charge >= 0.3 is 0 Å². The Balaban J connectivity index is 1.52. The molecule has 0 unspecified atom stereocenters. The first kappa shape index (κ1) is 26.9. The van der Waals surface area contributed by atoms with Crippen LogP contribution in [-0.2, 0) is 4.79 Å². The molecule has 33 heavy (non-hydrogen) atoms. The van der Waals surface area contributed by atoms with Crippen molar-refractivity contribution in [1.82, 2.24) is 15.6 Å². The number of nitrogens with one attached hydrogen (secondary N) is 3. The lowest BCUT2D eigenvalue weighted by Gasteiger charge is -2.19. The topological polar surface area (TPSA) is 94.2 Å². The number of aromatic amines is 1. The molecule has 1 aromatic heterocycles. The van der Waals surface area contributed by atoms with E-state index in [4.69, 9.17) is 0 Å². The zero-order valence-corrected chi connectivity index (χ0v) is 20.5. The minimum Gasteiger partial charge on any atom is -0.381 e. The summed E-state index contributed by atoms with van der Waals surface area (Å²) >= 11 is 0. The van der Waals surface area contributed by atoms with Crippen LogP contribution >= 0.6 is 0 Å². The Labute approximate surface area is 198 Å². The number of aliphatic hydroxyl groups is 1. The third-order valence-corrected chi connectivity index (χ3v) is 6.21. The molecule has 184 valence electrons. The van der Waals surface area contributed by atoms with Crippen LogP contribution in [0.5, 0.6) is 0 Å². The predicted molar refractivity (Wildman–Crippen MR) is 135 cm³/mol. The molecule has 0 saturated heterocycles. The van der Waals surface area contributed by atoms with Crippen LogP contribution in [-0.4, -0.2) is 40.6 Å². The third kappa shape index (κ3) is 9.99. The molecule has 0 aliphatic heterocycles. The summed E-state index contributed by atoms with van der Waals surface area (Å²) in [4.78, 5) is 27.7. The predicted octanol–water partition coefficient (Wildman–Crippen LogP) is 5.46. The molecule has 2 rings (SSSR count). The van der Waals surface area contributed by atoms with Crippen LogP contribution in [0.15, 0.2) is 30.3 Å². The van der Waals surface area contributed by atoms with E-state index in [2.05, 4.69) is 22.5 Å². The number of carbonyl (C=O) groups excluding carboxylic acids is 2. The highest BCUT2D eigenvalue weighted by Gasteiger charge is 2.24. The van der Waals surface area contributed by atoms with E-state index >= 15 is 0 Å². The van der Waals surface area contributed by atoms with Crippen molar-refractivity contribution in [1.29, 1.82) is 0 Å². The first-order valence-corrected chi connectivity index (χ1v) is 12.9. The third-order valence-electron chi connectivity index (χ3n) is 6.21. The standard InChI is InChI=1S/C27H43N3O3/c1-3-4-5-6-7-8-9-10-11-12-13-16-19-28-27(33)25(31)21(2)29-26(32)24-20-22-17-14-15-18-23(22)30-24/h14-15,17-18,20-21,25,30-31H,3-13,16,19H2,1-2H3,(H,28,33)(H,29,32)/t21-,25+/m0/s1. The summed E-state index contributed by atoms with van der Waals surface area (Å²) in [6.45, 7) is 4.44. The molecule has 2 atom stereocenters. The lowest BCUT2D eigenvalue weighted by atomic mass is 10.1. The van der Waals surface area contributed by atoms with E-state index in [0.717, 1.165) is 23.7 Å². The van der Waals surface area contributed by atoms with Gasteiger partial charge in [0.15, 0.2) is 6.10 Å². The fourth-order valence-corrected chi connectivity index (χ4v) is 4.07. The molecule has 6 heteroatoms. The van der Waals surface area contributed by atoms with Crippen molar-refractivity contribution >= 4 is 22.7 Å². The first-order valence-electron chi connectivity index (χ1n) is 12.9.